The summed E-state index contributed by atoms with van der Waals surface area (Å²) in [4.78, 5) is 0. The molecule has 0 rings (SSSR count). The van der Waals surface area contributed by atoms with Gasteiger partial charge >= 0.3 is 0 Å². The lowest BCUT2D eigenvalue weighted by atomic mass is 10.1. The summed E-state index contributed by atoms with van der Waals surface area (Å²) < 4.78 is 29.6. The second kappa shape index (κ2) is 4.20. The molecule has 0 aromatic carbocycles. The molecule has 0 aliphatic heterocycles. The SMILES string of the molecule is CCS(=O)(=O)NC(C)(C)COC. The number of rotatable bonds is 5. The largest absolute Gasteiger partial charge is 0.383 e. The van der Waals surface area contributed by atoms with E-state index in [0.717, 1.165) is 0 Å². The highest BCUT2D eigenvalue weighted by Gasteiger charge is 2.23. The molecule has 1 N–H and O–H groups in total. The van der Waals surface area contributed by atoms with E-state index in [1.165, 1.54) is 0 Å². The van der Waals surface area contributed by atoms with Crippen molar-refractivity contribution in [3.8, 4) is 0 Å². The molecule has 0 spiro atoms. The summed E-state index contributed by atoms with van der Waals surface area (Å²) in [6.45, 7) is 5.53. The molecule has 0 amide bonds. The summed E-state index contributed by atoms with van der Waals surface area (Å²) in [6, 6.07) is 0. The van der Waals surface area contributed by atoms with Gasteiger partial charge in [0.05, 0.1) is 17.9 Å². The topological polar surface area (TPSA) is 55.4 Å². The van der Waals surface area contributed by atoms with Crippen LogP contribution in [0, 0.1) is 0 Å². The highest BCUT2D eigenvalue weighted by molar-refractivity contribution is 7.89. The number of hydrogen-bond acceptors (Lipinski definition) is 3. The van der Waals surface area contributed by atoms with Crippen LogP contribution >= 0.6 is 0 Å². The number of hydrogen-bond donors (Lipinski definition) is 1. The van der Waals surface area contributed by atoms with E-state index in [1.54, 1.807) is 27.9 Å². The van der Waals surface area contributed by atoms with E-state index in [2.05, 4.69) is 4.72 Å². The molecule has 0 atom stereocenters. The summed E-state index contributed by atoms with van der Waals surface area (Å²) in [7, 11) is -1.59. The molecule has 0 saturated carbocycles. The number of ether oxygens (including phenoxy) is 1. The van der Waals surface area contributed by atoms with Gasteiger partial charge in [0.25, 0.3) is 0 Å². The Kier molecular flexibility index (Phi) is 4.16. The Labute approximate surface area is 74.4 Å². The van der Waals surface area contributed by atoms with E-state index in [-0.39, 0.29) is 5.75 Å². The van der Waals surface area contributed by atoms with Crippen LogP contribution in [0.4, 0.5) is 0 Å². The third-order valence-corrected chi connectivity index (χ3v) is 2.94. The lowest BCUT2D eigenvalue weighted by molar-refractivity contribution is 0.141. The summed E-state index contributed by atoms with van der Waals surface area (Å²) in [5, 5.41) is 0. The molecule has 5 heteroatoms. The van der Waals surface area contributed by atoms with Crippen molar-refractivity contribution in [1.29, 1.82) is 0 Å². The van der Waals surface area contributed by atoms with E-state index < -0.39 is 15.6 Å². The van der Waals surface area contributed by atoms with Crippen molar-refractivity contribution in [2.75, 3.05) is 19.5 Å². The van der Waals surface area contributed by atoms with Gasteiger partial charge in [-0.3, -0.25) is 0 Å². The predicted octanol–water partition coefficient (Wildman–Crippen LogP) is 0.351. The van der Waals surface area contributed by atoms with Gasteiger partial charge in [0.1, 0.15) is 0 Å². The number of sulfonamides is 1. The molecule has 0 aromatic rings. The zero-order valence-electron chi connectivity index (χ0n) is 8.05. The van der Waals surface area contributed by atoms with Crippen molar-refractivity contribution in [2.24, 2.45) is 0 Å². The molecule has 0 unspecified atom stereocenters. The first-order valence-corrected chi connectivity index (χ1v) is 5.49. The third-order valence-electron chi connectivity index (χ3n) is 1.32. The van der Waals surface area contributed by atoms with E-state index in [0.29, 0.717) is 6.61 Å². The van der Waals surface area contributed by atoms with Gasteiger partial charge in [0, 0.05) is 7.11 Å². The smallest absolute Gasteiger partial charge is 0.211 e. The van der Waals surface area contributed by atoms with Gasteiger partial charge in [-0.1, -0.05) is 0 Å². The van der Waals surface area contributed by atoms with Crippen molar-refractivity contribution >= 4 is 10.0 Å². The molecule has 0 radical (unpaired) electrons. The zero-order chi connectivity index (χ0) is 9.83. The molecule has 0 aromatic heterocycles. The molecule has 12 heavy (non-hydrogen) atoms. The highest BCUT2D eigenvalue weighted by Crippen LogP contribution is 2.04. The van der Waals surface area contributed by atoms with Crippen molar-refractivity contribution in [3.63, 3.8) is 0 Å². The summed E-state index contributed by atoms with van der Waals surface area (Å²) in [6.07, 6.45) is 0. The summed E-state index contributed by atoms with van der Waals surface area (Å²) >= 11 is 0. The minimum absolute atomic E-state index is 0.0974. The van der Waals surface area contributed by atoms with Crippen LogP contribution in [0.25, 0.3) is 0 Å². The van der Waals surface area contributed by atoms with Gasteiger partial charge in [-0.2, -0.15) is 0 Å². The van der Waals surface area contributed by atoms with Crippen molar-refractivity contribution in [3.05, 3.63) is 0 Å². The molecule has 0 fully saturated rings. The Morgan fingerprint density at radius 1 is 1.42 bits per heavy atom. The normalized spacial score (nSPS) is 13.3. The Balaban J connectivity index is 4.24. The maximum Gasteiger partial charge on any atom is 0.211 e. The molecule has 4 nitrogen and oxygen atoms in total. The molecular weight excluding hydrogens is 178 g/mol. The molecule has 0 bridgehead atoms. The van der Waals surface area contributed by atoms with Crippen LogP contribution in [0.1, 0.15) is 20.8 Å². The lowest BCUT2D eigenvalue weighted by Gasteiger charge is -2.24. The van der Waals surface area contributed by atoms with Gasteiger partial charge < -0.3 is 4.74 Å². The minimum atomic E-state index is -3.13. The van der Waals surface area contributed by atoms with Gasteiger partial charge in [-0.25, -0.2) is 13.1 Å². The lowest BCUT2D eigenvalue weighted by Crippen LogP contribution is -2.47. The standard InChI is InChI=1S/C7H17NO3S/c1-5-12(9,10)8-7(2,3)6-11-4/h8H,5-6H2,1-4H3. The first-order valence-electron chi connectivity index (χ1n) is 3.83. The maximum atomic E-state index is 11.1. The number of methoxy groups -OCH3 is 1. The maximum absolute atomic E-state index is 11.1. The second-order valence-electron chi connectivity index (χ2n) is 3.32. The first-order chi connectivity index (χ1) is 5.33. The van der Waals surface area contributed by atoms with Crippen LogP contribution in [-0.4, -0.2) is 33.4 Å². The van der Waals surface area contributed by atoms with Crippen LogP contribution in [0.5, 0.6) is 0 Å². The van der Waals surface area contributed by atoms with Crippen LogP contribution in [0.15, 0.2) is 0 Å². The highest BCUT2D eigenvalue weighted by atomic mass is 32.2. The summed E-state index contributed by atoms with van der Waals surface area (Å²) in [5.41, 5.74) is -0.524. The zero-order valence-corrected chi connectivity index (χ0v) is 8.86. The first kappa shape index (κ1) is 11.9. The van der Waals surface area contributed by atoms with Crippen molar-refractivity contribution in [1.82, 2.24) is 4.72 Å². The van der Waals surface area contributed by atoms with Gasteiger partial charge in [0.2, 0.25) is 10.0 Å². The second-order valence-corrected chi connectivity index (χ2v) is 5.33. The average Bonchev–Trinajstić information content (AvgIpc) is 1.85. The summed E-state index contributed by atoms with van der Waals surface area (Å²) in [5.74, 6) is 0.0974. The molecule has 0 aliphatic carbocycles. The van der Waals surface area contributed by atoms with Gasteiger partial charge in [-0.05, 0) is 20.8 Å². The molecular formula is C7H17NO3S. The van der Waals surface area contributed by atoms with Crippen LogP contribution in [0.3, 0.4) is 0 Å². The van der Waals surface area contributed by atoms with E-state index in [9.17, 15) is 8.42 Å². The van der Waals surface area contributed by atoms with Crippen LogP contribution in [-0.2, 0) is 14.8 Å². The molecule has 0 saturated heterocycles. The number of nitrogens with one attached hydrogen (secondary N) is 1. The fraction of sp³-hybridized carbons (Fsp3) is 1.00. The third kappa shape index (κ3) is 4.69. The van der Waals surface area contributed by atoms with Crippen molar-refractivity contribution in [2.45, 2.75) is 26.3 Å². The minimum Gasteiger partial charge on any atom is -0.383 e. The monoisotopic (exact) mass is 195 g/mol. The van der Waals surface area contributed by atoms with E-state index in [4.69, 9.17) is 4.74 Å². The predicted molar refractivity (Wildman–Crippen MR) is 48.6 cm³/mol. The van der Waals surface area contributed by atoms with Crippen molar-refractivity contribution < 1.29 is 13.2 Å². The fourth-order valence-electron chi connectivity index (χ4n) is 0.883. The Morgan fingerprint density at radius 3 is 2.25 bits per heavy atom. The van der Waals surface area contributed by atoms with Gasteiger partial charge in [-0.15, -0.1) is 0 Å². The Hall–Kier alpha value is -0.130. The van der Waals surface area contributed by atoms with E-state index >= 15 is 0 Å². The molecule has 0 aliphatic rings. The molecule has 74 valence electrons. The quantitative estimate of drug-likeness (QED) is 0.688. The fourth-order valence-corrected chi connectivity index (χ4v) is 1.93. The van der Waals surface area contributed by atoms with Crippen LogP contribution in [0.2, 0.25) is 0 Å². The molecule has 0 heterocycles. The van der Waals surface area contributed by atoms with E-state index in [1.807, 2.05) is 0 Å². The van der Waals surface area contributed by atoms with Gasteiger partial charge in [0.15, 0.2) is 0 Å². The Morgan fingerprint density at radius 2 is 1.92 bits per heavy atom. The average molecular weight is 195 g/mol. The van der Waals surface area contributed by atoms with Crippen LogP contribution < -0.4 is 4.72 Å². The Bertz CT molecular complexity index is 221.